The van der Waals surface area contributed by atoms with Gasteiger partial charge in [0.1, 0.15) is 21.8 Å². The SMILES string of the molecule is Cc1nc(-c2ccccc2)sc1C(=O)O[C@@H](C)c1ccc(F)cc1. The van der Waals surface area contributed by atoms with Crippen LogP contribution in [0.3, 0.4) is 0 Å². The zero-order valence-corrected chi connectivity index (χ0v) is 14.1. The van der Waals surface area contributed by atoms with E-state index in [0.717, 1.165) is 16.1 Å². The Morgan fingerprint density at radius 2 is 1.79 bits per heavy atom. The third-order valence-electron chi connectivity index (χ3n) is 3.63. The van der Waals surface area contributed by atoms with E-state index in [1.54, 1.807) is 26.0 Å². The Balaban J connectivity index is 1.78. The van der Waals surface area contributed by atoms with Crippen molar-refractivity contribution < 1.29 is 13.9 Å². The van der Waals surface area contributed by atoms with E-state index in [1.807, 2.05) is 30.3 Å². The molecule has 0 saturated carbocycles. The molecule has 0 aliphatic rings. The molecule has 0 aliphatic carbocycles. The van der Waals surface area contributed by atoms with Crippen LogP contribution in [0.25, 0.3) is 10.6 Å². The summed E-state index contributed by atoms with van der Waals surface area (Å²) >= 11 is 1.31. The average molecular weight is 341 g/mol. The van der Waals surface area contributed by atoms with Crippen molar-refractivity contribution in [2.24, 2.45) is 0 Å². The van der Waals surface area contributed by atoms with E-state index in [-0.39, 0.29) is 5.82 Å². The van der Waals surface area contributed by atoms with Crippen molar-refractivity contribution >= 4 is 17.3 Å². The molecule has 0 amide bonds. The summed E-state index contributed by atoms with van der Waals surface area (Å²) < 4.78 is 18.5. The first-order valence-electron chi connectivity index (χ1n) is 7.54. The first kappa shape index (κ1) is 16.3. The maximum Gasteiger partial charge on any atom is 0.350 e. The Bertz CT molecular complexity index is 844. The molecule has 3 aromatic rings. The van der Waals surface area contributed by atoms with Gasteiger partial charge in [-0.1, -0.05) is 42.5 Å². The Labute approximate surface area is 143 Å². The van der Waals surface area contributed by atoms with Gasteiger partial charge in [0.15, 0.2) is 0 Å². The van der Waals surface area contributed by atoms with Gasteiger partial charge in [-0.15, -0.1) is 11.3 Å². The molecule has 0 unspecified atom stereocenters. The number of carbonyl (C=O) groups is 1. The summed E-state index contributed by atoms with van der Waals surface area (Å²) in [6.07, 6.45) is -0.459. The molecule has 0 N–H and O–H groups in total. The lowest BCUT2D eigenvalue weighted by Crippen LogP contribution is -2.09. The molecule has 0 radical (unpaired) electrons. The number of rotatable bonds is 4. The largest absolute Gasteiger partial charge is 0.454 e. The Morgan fingerprint density at radius 3 is 2.46 bits per heavy atom. The first-order chi connectivity index (χ1) is 11.5. The fourth-order valence-corrected chi connectivity index (χ4v) is 3.26. The number of ether oxygens (including phenoxy) is 1. The molecule has 24 heavy (non-hydrogen) atoms. The highest BCUT2D eigenvalue weighted by Crippen LogP contribution is 2.29. The van der Waals surface area contributed by atoms with Gasteiger partial charge >= 0.3 is 5.97 Å². The number of carbonyl (C=O) groups excluding carboxylic acids is 1. The normalized spacial score (nSPS) is 12.0. The molecule has 122 valence electrons. The second-order valence-corrected chi connectivity index (χ2v) is 6.40. The van der Waals surface area contributed by atoms with E-state index in [2.05, 4.69) is 4.98 Å². The second-order valence-electron chi connectivity index (χ2n) is 5.40. The van der Waals surface area contributed by atoms with Crippen molar-refractivity contribution in [1.29, 1.82) is 0 Å². The number of hydrogen-bond donors (Lipinski definition) is 0. The number of nitrogens with zero attached hydrogens (tertiary/aromatic N) is 1. The average Bonchev–Trinajstić information content (AvgIpc) is 2.98. The molecule has 0 fully saturated rings. The van der Waals surface area contributed by atoms with Crippen LogP contribution in [-0.2, 0) is 4.74 Å². The summed E-state index contributed by atoms with van der Waals surface area (Å²) in [5, 5.41) is 0.787. The predicted octanol–water partition coefficient (Wildman–Crippen LogP) is 5.18. The maximum atomic E-state index is 13.0. The van der Waals surface area contributed by atoms with E-state index in [0.29, 0.717) is 10.6 Å². The fourth-order valence-electron chi connectivity index (χ4n) is 2.31. The molecule has 1 atom stereocenters. The summed E-state index contributed by atoms with van der Waals surface area (Å²) in [6.45, 7) is 3.56. The standard InChI is InChI=1S/C19H16FNO2S/c1-12-17(24-18(21-12)15-6-4-3-5-7-15)19(22)23-13(2)14-8-10-16(20)11-9-14/h3-11,13H,1-2H3/t13-/m0/s1. The quantitative estimate of drug-likeness (QED) is 0.614. The fraction of sp³-hybridized carbons (Fsp3) is 0.158. The monoisotopic (exact) mass is 341 g/mol. The molecular formula is C19H16FNO2S. The van der Waals surface area contributed by atoms with Gasteiger partial charge in [-0.2, -0.15) is 0 Å². The van der Waals surface area contributed by atoms with Crippen LogP contribution in [0.5, 0.6) is 0 Å². The zero-order valence-electron chi connectivity index (χ0n) is 13.3. The van der Waals surface area contributed by atoms with Crippen LogP contribution in [-0.4, -0.2) is 11.0 Å². The number of thiazole rings is 1. The number of aryl methyl sites for hydroxylation is 1. The lowest BCUT2D eigenvalue weighted by molar-refractivity contribution is 0.0342. The summed E-state index contributed by atoms with van der Waals surface area (Å²) in [6, 6.07) is 15.6. The maximum absolute atomic E-state index is 13.0. The molecule has 1 aromatic heterocycles. The van der Waals surface area contributed by atoms with Crippen LogP contribution in [0.4, 0.5) is 4.39 Å². The highest BCUT2D eigenvalue weighted by atomic mass is 32.1. The second kappa shape index (κ2) is 6.93. The Morgan fingerprint density at radius 1 is 1.12 bits per heavy atom. The first-order valence-corrected chi connectivity index (χ1v) is 8.35. The lowest BCUT2D eigenvalue weighted by atomic mass is 10.1. The van der Waals surface area contributed by atoms with Crippen molar-refractivity contribution in [2.45, 2.75) is 20.0 Å². The highest BCUT2D eigenvalue weighted by Gasteiger charge is 2.20. The van der Waals surface area contributed by atoms with Crippen LogP contribution < -0.4 is 0 Å². The smallest absolute Gasteiger partial charge is 0.350 e. The Kier molecular flexibility index (Phi) is 4.71. The molecule has 0 bridgehead atoms. The van der Waals surface area contributed by atoms with Crippen molar-refractivity contribution in [2.75, 3.05) is 0 Å². The molecule has 2 aromatic carbocycles. The number of halogens is 1. The third-order valence-corrected chi connectivity index (χ3v) is 4.81. The van der Waals surface area contributed by atoms with Crippen LogP contribution >= 0.6 is 11.3 Å². The number of hydrogen-bond acceptors (Lipinski definition) is 4. The molecule has 0 aliphatic heterocycles. The topological polar surface area (TPSA) is 39.2 Å². The highest BCUT2D eigenvalue weighted by molar-refractivity contribution is 7.17. The predicted molar refractivity (Wildman–Crippen MR) is 92.5 cm³/mol. The van der Waals surface area contributed by atoms with Crippen molar-refractivity contribution in [3.05, 3.63) is 76.5 Å². The minimum absolute atomic E-state index is 0.317. The summed E-state index contributed by atoms with van der Waals surface area (Å²) in [5.41, 5.74) is 2.36. The van der Waals surface area contributed by atoms with E-state index in [9.17, 15) is 9.18 Å². The van der Waals surface area contributed by atoms with Gasteiger partial charge in [-0.25, -0.2) is 14.2 Å². The third kappa shape index (κ3) is 3.51. The Hall–Kier alpha value is -2.53. The van der Waals surface area contributed by atoms with E-state index in [4.69, 9.17) is 4.74 Å². The molecular weight excluding hydrogens is 325 g/mol. The van der Waals surface area contributed by atoms with Crippen molar-refractivity contribution in [3.63, 3.8) is 0 Å². The lowest BCUT2D eigenvalue weighted by Gasteiger charge is -2.13. The molecule has 5 heteroatoms. The summed E-state index contributed by atoms with van der Waals surface area (Å²) in [5.74, 6) is -0.730. The summed E-state index contributed by atoms with van der Waals surface area (Å²) in [4.78, 5) is 17.4. The molecule has 3 nitrogen and oxygen atoms in total. The van der Waals surface area contributed by atoms with Gasteiger partial charge in [-0.3, -0.25) is 0 Å². The van der Waals surface area contributed by atoms with Crippen LogP contribution in [0.2, 0.25) is 0 Å². The number of esters is 1. The van der Waals surface area contributed by atoms with Gasteiger partial charge in [0.05, 0.1) is 5.69 Å². The molecule has 3 rings (SSSR count). The van der Waals surface area contributed by atoms with Gasteiger partial charge in [-0.05, 0) is 31.5 Å². The van der Waals surface area contributed by atoms with Crippen molar-refractivity contribution in [3.8, 4) is 10.6 Å². The van der Waals surface area contributed by atoms with Gasteiger partial charge in [0.2, 0.25) is 0 Å². The van der Waals surface area contributed by atoms with Gasteiger partial charge < -0.3 is 4.74 Å². The van der Waals surface area contributed by atoms with Crippen LogP contribution in [0.1, 0.15) is 34.0 Å². The molecule has 1 heterocycles. The van der Waals surface area contributed by atoms with E-state index < -0.39 is 12.1 Å². The number of benzene rings is 2. The molecule has 0 spiro atoms. The van der Waals surface area contributed by atoms with Crippen LogP contribution in [0, 0.1) is 12.7 Å². The van der Waals surface area contributed by atoms with Gasteiger partial charge in [0, 0.05) is 5.56 Å². The van der Waals surface area contributed by atoms with E-state index >= 15 is 0 Å². The molecule has 0 saturated heterocycles. The number of aromatic nitrogens is 1. The van der Waals surface area contributed by atoms with Crippen LogP contribution in [0.15, 0.2) is 54.6 Å². The van der Waals surface area contributed by atoms with Crippen molar-refractivity contribution in [1.82, 2.24) is 4.98 Å². The van der Waals surface area contributed by atoms with Gasteiger partial charge in [0.25, 0.3) is 0 Å². The zero-order chi connectivity index (χ0) is 17.1. The minimum atomic E-state index is -0.459. The summed E-state index contributed by atoms with van der Waals surface area (Å²) in [7, 11) is 0. The minimum Gasteiger partial charge on any atom is -0.454 e. The van der Waals surface area contributed by atoms with E-state index in [1.165, 1.54) is 23.5 Å².